The molecule has 0 aromatic heterocycles. The summed E-state index contributed by atoms with van der Waals surface area (Å²) in [6.07, 6.45) is 0. The summed E-state index contributed by atoms with van der Waals surface area (Å²) in [5, 5.41) is 13.5. The molecule has 2 aromatic rings. The van der Waals surface area contributed by atoms with Gasteiger partial charge in [0.2, 0.25) is 0 Å². The van der Waals surface area contributed by atoms with Crippen molar-refractivity contribution in [3.8, 4) is 5.75 Å². The average molecular weight is 305 g/mol. The van der Waals surface area contributed by atoms with Crippen LogP contribution in [0.5, 0.6) is 5.75 Å². The first-order valence-electron chi connectivity index (χ1n) is 6.10. The molecule has 0 aliphatic carbocycles. The number of phenolic OH excluding ortho intramolecular Hbond substituents is 1. The number of benzene rings is 2. The molecule has 0 amide bonds. The van der Waals surface area contributed by atoms with Crippen molar-refractivity contribution in [2.45, 2.75) is 11.8 Å². The summed E-state index contributed by atoms with van der Waals surface area (Å²) in [4.78, 5) is 2.19. The fraction of sp³-hybridized carbons (Fsp3) is 0.0714. The monoisotopic (exact) mass is 305 g/mol. The molecule has 0 spiro atoms. The van der Waals surface area contributed by atoms with Crippen LogP contribution >= 0.6 is 0 Å². The van der Waals surface area contributed by atoms with Crippen LogP contribution in [0.4, 0.5) is 5.69 Å². The maximum atomic E-state index is 12.0. The van der Waals surface area contributed by atoms with Crippen LogP contribution in [0.3, 0.4) is 0 Å². The lowest BCUT2D eigenvalue weighted by Gasteiger charge is -2.06. The van der Waals surface area contributed by atoms with E-state index in [1.54, 1.807) is 25.1 Å². The Morgan fingerprint density at radius 1 is 1.14 bits per heavy atom. The molecule has 4 N–H and O–H groups in total. The van der Waals surface area contributed by atoms with Gasteiger partial charge in [-0.25, -0.2) is 0 Å². The van der Waals surface area contributed by atoms with Gasteiger partial charge in [-0.2, -0.15) is 18.4 Å². The molecule has 0 aliphatic rings. The summed E-state index contributed by atoms with van der Waals surface area (Å²) in [5.41, 5.74) is 6.80. The fourth-order valence-corrected chi connectivity index (χ4v) is 2.52. The smallest absolute Gasteiger partial charge is 0.276 e. The van der Waals surface area contributed by atoms with Crippen LogP contribution in [0.1, 0.15) is 12.5 Å². The molecule has 0 unspecified atom stereocenters. The molecule has 21 heavy (non-hydrogen) atoms. The van der Waals surface area contributed by atoms with Crippen LogP contribution in [0.25, 0.3) is 0 Å². The minimum absolute atomic E-state index is 0.0328. The maximum absolute atomic E-state index is 12.0. The molecular formula is C14H15N3O3S. The van der Waals surface area contributed by atoms with E-state index >= 15 is 0 Å². The normalized spacial score (nSPS) is 12.1. The van der Waals surface area contributed by atoms with E-state index in [2.05, 4.69) is 9.93 Å². The molecule has 0 fully saturated rings. The van der Waals surface area contributed by atoms with Crippen LogP contribution < -0.4 is 10.6 Å². The molecule has 2 rings (SSSR count). The van der Waals surface area contributed by atoms with Crippen molar-refractivity contribution in [3.63, 3.8) is 0 Å². The van der Waals surface area contributed by atoms with E-state index in [-0.39, 0.29) is 10.6 Å². The number of phenols is 1. The topological polar surface area (TPSA) is 105 Å². The van der Waals surface area contributed by atoms with E-state index in [0.29, 0.717) is 17.0 Å². The third-order valence-electron chi connectivity index (χ3n) is 2.82. The Balaban J connectivity index is 2.23. The predicted molar refractivity (Wildman–Crippen MR) is 81.5 cm³/mol. The Morgan fingerprint density at radius 3 is 2.38 bits per heavy atom. The van der Waals surface area contributed by atoms with Gasteiger partial charge in [0.05, 0.1) is 10.6 Å². The number of aromatic hydroxyl groups is 1. The van der Waals surface area contributed by atoms with E-state index < -0.39 is 10.0 Å². The summed E-state index contributed by atoms with van der Waals surface area (Å²) in [7, 11) is -3.77. The number of nitrogens with two attached hydrogens (primary N) is 1. The van der Waals surface area contributed by atoms with Crippen molar-refractivity contribution in [1.82, 2.24) is 4.83 Å². The number of nitrogens with one attached hydrogen (secondary N) is 1. The second-order valence-corrected chi connectivity index (χ2v) is 6.04. The van der Waals surface area contributed by atoms with Gasteiger partial charge in [-0.3, -0.25) is 0 Å². The van der Waals surface area contributed by atoms with Gasteiger partial charge in [-0.15, -0.1) is 0 Å². The molecule has 0 bridgehead atoms. The molecule has 0 atom stereocenters. The van der Waals surface area contributed by atoms with Gasteiger partial charge in [0, 0.05) is 11.3 Å². The Hall–Kier alpha value is -2.54. The number of nitrogens with zero attached hydrogens (tertiary/aromatic N) is 1. The number of hydrazone groups is 1. The van der Waals surface area contributed by atoms with Crippen LogP contribution in [0.2, 0.25) is 0 Å². The minimum Gasteiger partial charge on any atom is -0.507 e. The van der Waals surface area contributed by atoms with Gasteiger partial charge < -0.3 is 10.8 Å². The third kappa shape index (κ3) is 3.51. The summed E-state index contributed by atoms with van der Waals surface area (Å²) in [5.74, 6) is 0.0328. The summed E-state index contributed by atoms with van der Waals surface area (Å²) < 4.78 is 24.1. The van der Waals surface area contributed by atoms with Gasteiger partial charge in [-0.05, 0) is 43.3 Å². The van der Waals surface area contributed by atoms with E-state index in [9.17, 15) is 13.5 Å². The fourth-order valence-electron chi connectivity index (χ4n) is 1.67. The quantitative estimate of drug-likeness (QED) is 0.454. The molecule has 7 heteroatoms. The zero-order chi connectivity index (χ0) is 15.5. The lowest BCUT2D eigenvalue weighted by atomic mass is 10.1. The van der Waals surface area contributed by atoms with Crippen molar-refractivity contribution in [2.75, 3.05) is 5.73 Å². The Bertz CT molecular complexity index is 768. The predicted octanol–water partition coefficient (Wildman–Crippen LogP) is 1.68. The highest BCUT2D eigenvalue weighted by Crippen LogP contribution is 2.17. The van der Waals surface area contributed by atoms with E-state index in [1.165, 1.54) is 30.3 Å². The highest BCUT2D eigenvalue weighted by Gasteiger charge is 2.13. The first-order valence-corrected chi connectivity index (χ1v) is 7.58. The van der Waals surface area contributed by atoms with Gasteiger partial charge in [0.25, 0.3) is 10.0 Å². The van der Waals surface area contributed by atoms with Gasteiger partial charge in [-0.1, -0.05) is 12.1 Å². The maximum Gasteiger partial charge on any atom is 0.276 e. The summed E-state index contributed by atoms with van der Waals surface area (Å²) >= 11 is 0. The van der Waals surface area contributed by atoms with Gasteiger partial charge in [0.15, 0.2) is 0 Å². The molecule has 6 nitrogen and oxygen atoms in total. The number of para-hydroxylation sites is 1. The molecule has 110 valence electrons. The minimum atomic E-state index is -3.77. The highest BCUT2D eigenvalue weighted by atomic mass is 32.2. The molecule has 0 saturated carbocycles. The van der Waals surface area contributed by atoms with E-state index in [4.69, 9.17) is 5.73 Å². The van der Waals surface area contributed by atoms with E-state index in [1.807, 2.05) is 0 Å². The molecule has 0 heterocycles. The number of sulfonamides is 1. The Morgan fingerprint density at radius 2 is 1.76 bits per heavy atom. The zero-order valence-electron chi connectivity index (χ0n) is 11.3. The van der Waals surface area contributed by atoms with Gasteiger partial charge >= 0.3 is 0 Å². The first kappa shape index (κ1) is 14.9. The second kappa shape index (κ2) is 5.84. The van der Waals surface area contributed by atoms with Gasteiger partial charge in [0.1, 0.15) is 5.75 Å². The third-order valence-corrected chi connectivity index (χ3v) is 4.04. The second-order valence-electron chi connectivity index (χ2n) is 4.38. The van der Waals surface area contributed by atoms with Crippen LogP contribution in [-0.2, 0) is 10.0 Å². The van der Waals surface area contributed by atoms with Crippen molar-refractivity contribution in [1.29, 1.82) is 0 Å². The molecule has 0 aliphatic heterocycles. The average Bonchev–Trinajstić information content (AvgIpc) is 2.46. The first-order chi connectivity index (χ1) is 9.90. The number of hydrogen-bond donors (Lipinski definition) is 3. The largest absolute Gasteiger partial charge is 0.507 e. The molecule has 2 aromatic carbocycles. The standard InChI is InChI=1S/C14H15N3O3S/c1-10(13-4-2-3-5-14(13)18)16-17-21(19,20)12-8-6-11(15)7-9-12/h2-9,17-18H,15H2,1H3/b16-10-. The Kier molecular flexibility index (Phi) is 4.13. The van der Waals surface area contributed by atoms with Crippen molar-refractivity contribution in [2.24, 2.45) is 5.10 Å². The molecule has 0 saturated heterocycles. The molecule has 0 radical (unpaired) electrons. The lowest BCUT2D eigenvalue weighted by molar-refractivity contribution is 0.474. The highest BCUT2D eigenvalue weighted by molar-refractivity contribution is 7.89. The van der Waals surface area contributed by atoms with Crippen LogP contribution in [0, 0.1) is 0 Å². The number of anilines is 1. The molecular weight excluding hydrogens is 290 g/mol. The summed E-state index contributed by atoms with van der Waals surface area (Å²) in [6.45, 7) is 1.60. The van der Waals surface area contributed by atoms with Crippen molar-refractivity contribution >= 4 is 21.4 Å². The summed E-state index contributed by atoms with van der Waals surface area (Å²) in [6, 6.07) is 12.3. The van der Waals surface area contributed by atoms with E-state index in [0.717, 1.165) is 0 Å². The SMILES string of the molecule is C/C(=N/NS(=O)(=O)c1ccc(N)cc1)c1ccccc1O. The zero-order valence-corrected chi connectivity index (χ0v) is 12.1. The van der Waals surface area contributed by atoms with Crippen molar-refractivity contribution < 1.29 is 13.5 Å². The van der Waals surface area contributed by atoms with Crippen molar-refractivity contribution in [3.05, 3.63) is 54.1 Å². The number of nitrogen functional groups attached to an aromatic ring is 1. The van der Waals surface area contributed by atoms with Crippen LogP contribution in [0.15, 0.2) is 58.5 Å². The number of rotatable bonds is 4. The lowest BCUT2D eigenvalue weighted by Crippen LogP contribution is -2.20. The Labute approximate surface area is 123 Å². The van der Waals surface area contributed by atoms with Crippen LogP contribution in [-0.4, -0.2) is 19.2 Å². The number of hydrogen-bond acceptors (Lipinski definition) is 5.